The second-order valence-electron chi connectivity index (χ2n) is 14.9. The Morgan fingerprint density at radius 3 is 1.65 bits per heavy atom. The van der Waals surface area contributed by atoms with E-state index in [-0.39, 0.29) is 5.41 Å². The summed E-state index contributed by atoms with van der Waals surface area (Å²) < 4.78 is 0. The summed E-state index contributed by atoms with van der Waals surface area (Å²) in [5, 5.41) is 4.99. The predicted molar refractivity (Wildman–Crippen MR) is 230 cm³/mol. The highest BCUT2D eigenvalue weighted by Gasteiger charge is 2.36. The number of fused-ring (bicyclic) bond motifs is 6. The molecule has 0 aromatic heterocycles. The van der Waals surface area contributed by atoms with Crippen LogP contribution in [0, 0.1) is 0 Å². The third-order valence-corrected chi connectivity index (χ3v) is 11.5. The van der Waals surface area contributed by atoms with E-state index in [0.717, 1.165) is 17.1 Å². The zero-order valence-electron chi connectivity index (χ0n) is 30.5. The van der Waals surface area contributed by atoms with Gasteiger partial charge in [0.1, 0.15) is 0 Å². The molecular formula is C53H39N. The molecule has 9 aromatic rings. The molecule has 0 saturated heterocycles. The van der Waals surface area contributed by atoms with Crippen LogP contribution in [0.4, 0.5) is 17.1 Å². The van der Waals surface area contributed by atoms with Crippen LogP contribution in [0.5, 0.6) is 0 Å². The van der Waals surface area contributed by atoms with Gasteiger partial charge in [-0.2, -0.15) is 0 Å². The molecule has 54 heavy (non-hydrogen) atoms. The molecule has 0 bridgehead atoms. The number of hydrogen-bond acceptors (Lipinski definition) is 1. The Labute approximate surface area is 317 Å². The minimum Gasteiger partial charge on any atom is -0.310 e. The second-order valence-corrected chi connectivity index (χ2v) is 14.9. The highest BCUT2D eigenvalue weighted by Crippen LogP contribution is 2.52. The van der Waals surface area contributed by atoms with Crippen molar-refractivity contribution in [2.45, 2.75) is 19.3 Å². The lowest BCUT2D eigenvalue weighted by Crippen LogP contribution is -2.14. The van der Waals surface area contributed by atoms with Crippen LogP contribution in [0.25, 0.3) is 66.1 Å². The molecule has 256 valence electrons. The fraction of sp³-hybridized carbons (Fsp3) is 0.0566. The summed E-state index contributed by atoms with van der Waals surface area (Å²) in [6.45, 7) is 4.70. The van der Waals surface area contributed by atoms with E-state index in [1.54, 1.807) is 0 Å². The van der Waals surface area contributed by atoms with Crippen LogP contribution < -0.4 is 4.90 Å². The Kier molecular flexibility index (Phi) is 7.56. The highest BCUT2D eigenvalue weighted by atomic mass is 15.1. The molecule has 0 radical (unpaired) electrons. The van der Waals surface area contributed by atoms with E-state index in [1.807, 2.05) is 0 Å². The fourth-order valence-corrected chi connectivity index (χ4v) is 8.76. The molecule has 0 heterocycles. The molecule has 0 spiro atoms. The molecular weight excluding hydrogens is 651 g/mol. The van der Waals surface area contributed by atoms with E-state index >= 15 is 0 Å². The van der Waals surface area contributed by atoms with Gasteiger partial charge in [-0.25, -0.2) is 0 Å². The van der Waals surface area contributed by atoms with Gasteiger partial charge in [-0.05, 0) is 114 Å². The molecule has 10 rings (SSSR count). The second kappa shape index (κ2) is 12.8. The molecule has 0 saturated carbocycles. The lowest BCUT2D eigenvalue weighted by molar-refractivity contribution is 0.660. The fourth-order valence-electron chi connectivity index (χ4n) is 8.76. The van der Waals surface area contributed by atoms with E-state index < -0.39 is 0 Å². The van der Waals surface area contributed by atoms with Crippen LogP contribution in [0.3, 0.4) is 0 Å². The van der Waals surface area contributed by atoms with Gasteiger partial charge in [-0.3, -0.25) is 0 Å². The molecule has 0 aliphatic heterocycles. The van der Waals surface area contributed by atoms with E-state index in [0.29, 0.717) is 0 Å². The summed E-state index contributed by atoms with van der Waals surface area (Å²) in [4.78, 5) is 2.42. The van der Waals surface area contributed by atoms with E-state index in [1.165, 1.54) is 77.2 Å². The van der Waals surface area contributed by atoms with Gasteiger partial charge in [0.05, 0.1) is 0 Å². The Bertz CT molecular complexity index is 2830. The number of hydrogen-bond donors (Lipinski definition) is 0. The standard InChI is InChI=1S/C53H39N/c1-53(2)50-22-12-11-20-47(50)52-46(21-13-23-51(52)53)39-26-29-41(30-27-39)54(42-31-28-40-25-24-38-18-9-10-19-44(38)49(40)34-42)43-32-33-45(36-14-5-3-6-15-36)48(35-43)37-16-7-4-8-17-37/h3-35H,1-2H3. The Morgan fingerprint density at radius 1 is 0.333 bits per heavy atom. The zero-order chi connectivity index (χ0) is 36.2. The average molecular weight is 690 g/mol. The third-order valence-electron chi connectivity index (χ3n) is 11.5. The van der Waals surface area contributed by atoms with Crippen molar-refractivity contribution < 1.29 is 0 Å². The normalized spacial score (nSPS) is 12.8. The first-order valence-corrected chi connectivity index (χ1v) is 18.8. The summed E-state index contributed by atoms with van der Waals surface area (Å²) in [6, 6.07) is 73.4. The first kappa shape index (κ1) is 32.0. The smallest absolute Gasteiger partial charge is 0.0468 e. The molecule has 1 nitrogen and oxygen atoms in total. The molecule has 0 fully saturated rings. The summed E-state index contributed by atoms with van der Waals surface area (Å²) >= 11 is 0. The zero-order valence-corrected chi connectivity index (χ0v) is 30.5. The number of benzene rings is 9. The first-order chi connectivity index (χ1) is 26.5. The SMILES string of the molecule is CC1(C)c2ccccc2-c2c(-c3ccc(N(c4ccc(-c5ccccc5)c(-c5ccccc5)c4)c4ccc5ccc6ccccc6c5c4)cc3)cccc21. The molecule has 9 aromatic carbocycles. The van der Waals surface area contributed by atoms with Crippen LogP contribution in [-0.2, 0) is 5.41 Å². The lowest BCUT2D eigenvalue weighted by atomic mass is 9.82. The van der Waals surface area contributed by atoms with Gasteiger partial charge in [0.25, 0.3) is 0 Å². The molecule has 0 unspecified atom stereocenters. The molecule has 0 atom stereocenters. The highest BCUT2D eigenvalue weighted by molar-refractivity contribution is 6.09. The number of anilines is 3. The summed E-state index contributed by atoms with van der Waals surface area (Å²) in [7, 11) is 0. The minimum absolute atomic E-state index is 0.0404. The van der Waals surface area contributed by atoms with Gasteiger partial charge in [-0.15, -0.1) is 0 Å². The van der Waals surface area contributed by atoms with Gasteiger partial charge in [-0.1, -0.05) is 178 Å². The molecule has 1 heteroatoms. The average Bonchev–Trinajstić information content (AvgIpc) is 3.48. The van der Waals surface area contributed by atoms with Gasteiger partial charge in [0.15, 0.2) is 0 Å². The number of rotatable bonds is 6. The van der Waals surface area contributed by atoms with Crippen molar-refractivity contribution in [2.24, 2.45) is 0 Å². The quantitative estimate of drug-likeness (QED) is 0.157. The van der Waals surface area contributed by atoms with Crippen LogP contribution in [0.1, 0.15) is 25.0 Å². The van der Waals surface area contributed by atoms with Crippen molar-refractivity contribution in [3.63, 3.8) is 0 Å². The maximum atomic E-state index is 2.42. The largest absolute Gasteiger partial charge is 0.310 e. The predicted octanol–water partition coefficient (Wildman–Crippen LogP) is 14.8. The third kappa shape index (κ3) is 5.24. The van der Waals surface area contributed by atoms with Crippen LogP contribution in [0.15, 0.2) is 200 Å². The first-order valence-electron chi connectivity index (χ1n) is 18.8. The van der Waals surface area contributed by atoms with Gasteiger partial charge >= 0.3 is 0 Å². The Hall–Kier alpha value is -6.70. The molecule has 1 aliphatic rings. The Balaban J connectivity index is 1.16. The van der Waals surface area contributed by atoms with Gasteiger partial charge < -0.3 is 4.90 Å². The van der Waals surface area contributed by atoms with Crippen molar-refractivity contribution in [2.75, 3.05) is 4.90 Å². The van der Waals surface area contributed by atoms with E-state index in [4.69, 9.17) is 0 Å². The maximum Gasteiger partial charge on any atom is 0.0468 e. The van der Waals surface area contributed by atoms with Crippen LogP contribution in [0.2, 0.25) is 0 Å². The monoisotopic (exact) mass is 689 g/mol. The van der Waals surface area contributed by atoms with Crippen molar-refractivity contribution in [3.8, 4) is 44.5 Å². The van der Waals surface area contributed by atoms with Crippen molar-refractivity contribution >= 4 is 38.6 Å². The van der Waals surface area contributed by atoms with E-state index in [2.05, 4.69) is 219 Å². The Morgan fingerprint density at radius 2 is 0.870 bits per heavy atom. The minimum atomic E-state index is -0.0404. The summed E-state index contributed by atoms with van der Waals surface area (Å²) in [5.41, 5.74) is 16.1. The van der Waals surface area contributed by atoms with Crippen molar-refractivity contribution in [3.05, 3.63) is 211 Å². The summed E-state index contributed by atoms with van der Waals surface area (Å²) in [6.07, 6.45) is 0. The van der Waals surface area contributed by atoms with Crippen molar-refractivity contribution in [1.29, 1.82) is 0 Å². The lowest BCUT2D eigenvalue weighted by Gasteiger charge is -2.27. The van der Waals surface area contributed by atoms with Crippen LogP contribution >= 0.6 is 0 Å². The number of nitrogens with zero attached hydrogens (tertiary/aromatic N) is 1. The molecule has 1 aliphatic carbocycles. The van der Waals surface area contributed by atoms with Gasteiger partial charge in [0, 0.05) is 22.5 Å². The molecule has 0 amide bonds. The van der Waals surface area contributed by atoms with E-state index in [9.17, 15) is 0 Å². The van der Waals surface area contributed by atoms with Gasteiger partial charge in [0.2, 0.25) is 0 Å². The maximum absolute atomic E-state index is 2.42. The van der Waals surface area contributed by atoms with Crippen molar-refractivity contribution in [1.82, 2.24) is 0 Å². The summed E-state index contributed by atoms with van der Waals surface area (Å²) in [5.74, 6) is 0. The van der Waals surface area contributed by atoms with Crippen LogP contribution in [-0.4, -0.2) is 0 Å². The molecule has 0 N–H and O–H groups in total. The topological polar surface area (TPSA) is 3.24 Å².